The first kappa shape index (κ1) is 10.0. The second-order valence-corrected chi connectivity index (χ2v) is 1.77. The molecule has 2 N–H and O–H groups in total. The summed E-state index contributed by atoms with van der Waals surface area (Å²) in [6, 6.07) is 0. The van der Waals surface area contributed by atoms with E-state index in [0.29, 0.717) is 0 Å². The predicted octanol–water partition coefficient (Wildman–Crippen LogP) is -1.08. The molecule has 0 aromatic heterocycles. The van der Waals surface area contributed by atoms with E-state index < -0.39 is 7.60 Å². The van der Waals surface area contributed by atoms with Gasteiger partial charge in [-0.25, -0.2) is 0 Å². The van der Waals surface area contributed by atoms with Crippen molar-refractivity contribution < 1.29 is 14.4 Å². The normalized spacial score (nSPS) is 9.83. The fourth-order valence-electron chi connectivity index (χ4n) is 0. The van der Waals surface area contributed by atoms with E-state index in [4.69, 9.17) is 14.4 Å². The molecule has 0 bridgehead atoms. The predicted molar refractivity (Wildman–Crippen MR) is 24.9 cm³/mol. The molecule has 3 nitrogen and oxygen atoms in total. The molecule has 0 aliphatic heterocycles. The Balaban J connectivity index is 0. The smallest absolute Gasteiger partial charge is 0.324 e. The highest BCUT2D eigenvalue weighted by atomic mass is 31.2. The van der Waals surface area contributed by atoms with Gasteiger partial charge in [-0.05, 0) is 0 Å². The third kappa shape index (κ3) is 89.8. The minimum atomic E-state index is -4.14. The lowest BCUT2D eigenvalue weighted by atomic mass is 12.0. The van der Waals surface area contributed by atoms with Gasteiger partial charge in [-0.1, -0.05) is 0 Å². The quantitative estimate of drug-likeness (QED) is 0.316. The van der Waals surface area contributed by atoms with Gasteiger partial charge >= 0.3 is 30.6 Å². The van der Waals surface area contributed by atoms with E-state index in [1.165, 1.54) is 0 Å². The highest BCUT2D eigenvalue weighted by molar-refractivity contribution is 7.53. The standard InChI is InChI=1S/CH3O3P.Mg.2H/c1-5(2,3)4;;;/h1H,(H2,2,3,4);;;. The molecule has 0 spiro atoms. The molecule has 0 rings (SSSR count). The number of rotatable bonds is 0. The second-order valence-electron chi connectivity index (χ2n) is 0.589. The summed E-state index contributed by atoms with van der Waals surface area (Å²) in [5.41, 5.74) is 0. The first-order chi connectivity index (χ1) is 2.00. The summed E-state index contributed by atoms with van der Waals surface area (Å²) < 4.78 is 9.10. The van der Waals surface area contributed by atoms with Crippen molar-refractivity contribution in [1.29, 1.82) is 0 Å². The zero-order valence-corrected chi connectivity index (χ0v) is 3.22. The first-order valence-electron chi connectivity index (χ1n) is 0.841. The van der Waals surface area contributed by atoms with Crippen LogP contribution in [0.1, 0.15) is 0 Å². The average Bonchev–Trinajstić information content (AvgIpc) is 0.722. The van der Waals surface area contributed by atoms with E-state index in [-0.39, 0.29) is 23.1 Å². The molecule has 2 radical (unpaired) electrons. The lowest BCUT2D eigenvalue weighted by Crippen LogP contribution is -1.60. The van der Waals surface area contributed by atoms with Crippen LogP contribution in [0.2, 0.25) is 0 Å². The van der Waals surface area contributed by atoms with Crippen molar-refractivity contribution in [3.05, 3.63) is 6.66 Å². The number of hydrogen-bond donors (Lipinski definition) is 2. The Morgan fingerprint density at radius 3 is 1.50 bits per heavy atom. The van der Waals surface area contributed by atoms with Crippen LogP contribution >= 0.6 is 7.60 Å². The maximum Gasteiger partial charge on any atom is 0.330 e. The van der Waals surface area contributed by atoms with Gasteiger partial charge in [0.1, 0.15) is 0 Å². The Bertz CT molecular complexity index is 56.9. The largest absolute Gasteiger partial charge is 0.330 e. The SMILES string of the molecule is [CH]P(=O)(O)O.[MgH2]. The topological polar surface area (TPSA) is 57.5 Å². The van der Waals surface area contributed by atoms with Crippen molar-refractivity contribution >= 4 is 30.6 Å². The molecule has 0 saturated carbocycles. The lowest BCUT2D eigenvalue weighted by molar-refractivity contribution is 0.385. The summed E-state index contributed by atoms with van der Waals surface area (Å²) in [6.07, 6.45) is 0. The summed E-state index contributed by atoms with van der Waals surface area (Å²) in [7, 11) is -4.14. The van der Waals surface area contributed by atoms with E-state index in [0.717, 1.165) is 0 Å². The second kappa shape index (κ2) is 2.99. The molecule has 0 aromatic carbocycles. The average molecular weight is 120 g/mol. The van der Waals surface area contributed by atoms with Gasteiger partial charge in [0.15, 0.2) is 0 Å². The van der Waals surface area contributed by atoms with Crippen LogP contribution < -0.4 is 0 Å². The Morgan fingerprint density at radius 2 is 1.50 bits per heavy atom. The third-order valence-corrected chi connectivity index (χ3v) is 0. The van der Waals surface area contributed by atoms with Crippen LogP contribution in [-0.4, -0.2) is 32.8 Å². The van der Waals surface area contributed by atoms with Crippen LogP contribution in [0.3, 0.4) is 0 Å². The van der Waals surface area contributed by atoms with E-state index in [1.54, 1.807) is 0 Å². The molecule has 0 heterocycles. The Kier molecular flexibility index (Phi) is 4.99. The van der Waals surface area contributed by atoms with Crippen LogP contribution in [0.5, 0.6) is 0 Å². The third-order valence-electron chi connectivity index (χ3n) is 0. The van der Waals surface area contributed by atoms with Gasteiger partial charge in [-0.3, -0.25) is 4.57 Å². The monoisotopic (exact) mass is 120 g/mol. The van der Waals surface area contributed by atoms with Crippen molar-refractivity contribution in [1.82, 2.24) is 0 Å². The summed E-state index contributed by atoms with van der Waals surface area (Å²) >= 11 is 0. The van der Waals surface area contributed by atoms with Gasteiger partial charge in [0, 0.05) is 0 Å². The minimum absolute atomic E-state index is 0. The molecule has 0 unspecified atom stereocenters. The van der Waals surface area contributed by atoms with Crippen molar-refractivity contribution in [2.45, 2.75) is 0 Å². The highest BCUT2D eigenvalue weighted by Gasteiger charge is 1.96. The van der Waals surface area contributed by atoms with Gasteiger partial charge in [-0.2, -0.15) is 0 Å². The van der Waals surface area contributed by atoms with Crippen molar-refractivity contribution in [2.75, 3.05) is 0 Å². The molecule has 34 valence electrons. The molecular weight excluding hydrogens is 115 g/mol. The fourth-order valence-corrected chi connectivity index (χ4v) is 0. The Morgan fingerprint density at radius 1 is 1.50 bits per heavy atom. The molecule has 0 fully saturated rings. The summed E-state index contributed by atoms with van der Waals surface area (Å²) in [6.45, 7) is 4.02. The Labute approximate surface area is 52.1 Å². The Hall–Kier alpha value is 0.916. The minimum Gasteiger partial charge on any atom is -0.324 e. The zero-order chi connectivity index (χ0) is 4.50. The molecular formula is CH5MgO3P. The highest BCUT2D eigenvalue weighted by Crippen LogP contribution is 2.30. The van der Waals surface area contributed by atoms with Gasteiger partial charge in [0.05, 0.1) is 6.66 Å². The molecule has 0 atom stereocenters. The van der Waals surface area contributed by atoms with E-state index in [1.807, 2.05) is 0 Å². The van der Waals surface area contributed by atoms with Gasteiger partial charge in [0.2, 0.25) is 0 Å². The molecule has 6 heavy (non-hydrogen) atoms. The molecule has 5 heteroatoms. The van der Waals surface area contributed by atoms with Crippen molar-refractivity contribution in [2.24, 2.45) is 0 Å². The number of hydrogen-bond acceptors (Lipinski definition) is 1. The van der Waals surface area contributed by atoms with Crippen molar-refractivity contribution in [3.8, 4) is 0 Å². The van der Waals surface area contributed by atoms with Crippen LogP contribution in [0.25, 0.3) is 0 Å². The van der Waals surface area contributed by atoms with Crippen LogP contribution in [0.4, 0.5) is 0 Å². The molecule has 0 aliphatic rings. The molecule has 0 aromatic rings. The van der Waals surface area contributed by atoms with Crippen LogP contribution in [0, 0.1) is 6.66 Å². The first-order valence-corrected chi connectivity index (χ1v) is 2.52. The maximum absolute atomic E-state index is 9.10. The van der Waals surface area contributed by atoms with Crippen LogP contribution in [-0.2, 0) is 4.57 Å². The van der Waals surface area contributed by atoms with E-state index >= 15 is 0 Å². The van der Waals surface area contributed by atoms with Gasteiger partial charge < -0.3 is 9.79 Å². The fraction of sp³-hybridized carbons (Fsp3) is 0. The summed E-state index contributed by atoms with van der Waals surface area (Å²) in [5, 5.41) is 0. The lowest BCUT2D eigenvalue weighted by Gasteiger charge is -1.83. The van der Waals surface area contributed by atoms with Gasteiger partial charge in [-0.15, -0.1) is 0 Å². The summed E-state index contributed by atoms with van der Waals surface area (Å²) in [4.78, 5) is 14.8. The molecule has 0 amide bonds. The zero-order valence-electron chi connectivity index (χ0n) is 2.33. The summed E-state index contributed by atoms with van der Waals surface area (Å²) in [5.74, 6) is 0. The van der Waals surface area contributed by atoms with Crippen molar-refractivity contribution in [3.63, 3.8) is 0 Å². The molecule has 0 saturated heterocycles. The molecule has 0 aliphatic carbocycles. The van der Waals surface area contributed by atoms with Gasteiger partial charge in [0.25, 0.3) is 0 Å². The van der Waals surface area contributed by atoms with Crippen LogP contribution in [0.15, 0.2) is 0 Å². The maximum atomic E-state index is 9.10. The van der Waals surface area contributed by atoms with E-state index in [2.05, 4.69) is 6.66 Å². The van der Waals surface area contributed by atoms with E-state index in [9.17, 15) is 0 Å².